The fourth-order valence-corrected chi connectivity index (χ4v) is 2.86. The van der Waals surface area contributed by atoms with Gasteiger partial charge in [-0.1, -0.05) is 6.92 Å². The van der Waals surface area contributed by atoms with Crippen LogP contribution in [0.1, 0.15) is 19.8 Å². The highest BCUT2D eigenvalue weighted by Gasteiger charge is 2.19. The van der Waals surface area contributed by atoms with E-state index in [1.807, 2.05) is 29.2 Å². The van der Waals surface area contributed by atoms with Crippen LogP contribution in [0, 0.1) is 5.92 Å². The van der Waals surface area contributed by atoms with Gasteiger partial charge >= 0.3 is 0 Å². The molecule has 18 heavy (non-hydrogen) atoms. The predicted octanol–water partition coefficient (Wildman–Crippen LogP) is 2.62. The van der Waals surface area contributed by atoms with Crippen molar-refractivity contribution in [3.8, 4) is 0 Å². The highest BCUT2D eigenvalue weighted by atomic mass is 32.2. The summed E-state index contributed by atoms with van der Waals surface area (Å²) in [7, 11) is 0. The first kappa shape index (κ1) is 13.3. The Kier molecular flexibility index (Phi) is 4.53. The molecular formula is C14H20N2OS. The van der Waals surface area contributed by atoms with Gasteiger partial charge in [0.25, 0.3) is 0 Å². The monoisotopic (exact) mass is 264 g/mol. The summed E-state index contributed by atoms with van der Waals surface area (Å²) < 4.78 is 0. The van der Waals surface area contributed by atoms with Crippen molar-refractivity contribution in [1.29, 1.82) is 0 Å². The minimum absolute atomic E-state index is 0.253. The second-order valence-corrected chi connectivity index (χ2v) is 5.97. The number of likely N-dealkylation sites (tertiary alicyclic amines) is 1. The number of hydrogen-bond acceptors (Lipinski definition) is 3. The van der Waals surface area contributed by atoms with Gasteiger partial charge < -0.3 is 10.6 Å². The van der Waals surface area contributed by atoms with Crippen LogP contribution in [-0.4, -0.2) is 29.6 Å². The normalized spacial score (nSPS) is 16.8. The first-order valence-corrected chi connectivity index (χ1v) is 7.40. The smallest absolute Gasteiger partial charge is 0.232 e. The Balaban J connectivity index is 1.79. The Labute approximate surface area is 113 Å². The average Bonchev–Trinajstić information content (AvgIpc) is 2.38. The van der Waals surface area contributed by atoms with Crippen molar-refractivity contribution >= 4 is 23.4 Å². The predicted molar refractivity (Wildman–Crippen MR) is 76.6 cm³/mol. The Hall–Kier alpha value is -1.16. The highest BCUT2D eigenvalue weighted by molar-refractivity contribution is 8.00. The zero-order valence-corrected chi connectivity index (χ0v) is 11.6. The number of hydrogen-bond donors (Lipinski definition) is 1. The summed E-state index contributed by atoms with van der Waals surface area (Å²) in [5.41, 5.74) is 6.39. The van der Waals surface area contributed by atoms with Gasteiger partial charge in [0.1, 0.15) is 0 Å². The van der Waals surface area contributed by atoms with E-state index in [4.69, 9.17) is 5.73 Å². The Bertz CT molecular complexity index is 397. The number of carbonyl (C=O) groups is 1. The fraction of sp³-hybridized carbons (Fsp3) is 0.500. The van der Waals surface area contributed by atoms with E-state index in [0.29, 0.717) is 5.75 Å². The molecule has 0 aromatic heterocycles. The number of amides is 1. The van der Waals surface area contributed by atoms with Crippen molar-refractivity contribution in [2.24, 2.45) is 5.92 Å². The summed E-state index contributed by atoms with van der Waals surface area (Å²) in [6, 6.07) is 7.67. The molecule has 3 nitrogen and oxygen atoms in total. The summed E-state index contributed by atoms with van der Waals surface area (Å²) in [6.45, 7) is 4.09. The summed E-state index contributed by atoms with van der Waals surface area (Å²) in [5, 5.41) is 0. The number of carbonyl (C=O) groups excluding carboxylic acids is 1. The lowest BCUT2D eigenvalue weighted by atomic mass is 9.99. The molecule has 0 radical (unpaired) electrons. The standard InChI is InChI=1S/C14H20N2OS/c1-11-6-8-16(9-7-11)14(17)10-18-13-4-2-12(15)3-5-13/h2-5,11H,6-10,15H2,1H3. The molecule has 1 heterocycles. The van der Waals surface area contributed by atoms with Gasteiger partial charge in [0.2, 0.25) is 5.91 Å². The maximum absolute atomic E-state index is 12.0. The molecule has 1 saturated heterocycles. The first-order valence-electron chi connectivity index (χ1n) is 6.41. The van der Waals surface area contributed by atoms with Gasteiger partial charge in [-0.15, -0.1) is 11.8 Å². The van der Waals surface area contributed by atoms with E-state index in [0.717, 1.165) is 42.4 Å². The molecule has 1 aromatic carbocycles. The SMILES string of the molecule is CC1CCN(C(=O)CSc2ccc(N)cc2)CC1. The second-order valence-electron chi connectivity index (χ2n) is 4.92. The van der Waals surface area contributed by atoms with Gasteiger partial charge in [0.15, 0.2) is 0 Å². The number of thioether (sulfide) groups is 1. The summed E-state index contributed by atoms with van der Waals surface area (Å²) in [4.78, 5) is 15.1. The number of nitrogen functional groups attached to an aromatic ring is 1. The van der Waals surface area contributed by atoms with Crippen molar-refractivity contribution in [3.63, 3.8) is 0 Å². The van der Waals surface area contributed by atoms with Gasteiger partial charge in [-0.25, -0.2) is 0 Å². The third kappa shape index (κ3) is 3.67. The third-order valence-corrected chi connectivity index (χ3v) is 4.38. The maximum Gasteiger partial charge on any atom is 0.232 e. The molecule has 1 aromatic rings. The summed E-state index contributed by atoms with van der Waals surface area (Å²) in [5.74, 6) is 1.54. The highest BCUT2D eigenvalue weighted by Crippen LogP contribution is 2.21. The van der Waals surface area contributed by atoms with Crippen LogP contribution in [0.3, 0.4) is 0 Å². The largest absolute Gasteiger partial charge is 0.399 e. The van der Waals surface area contributed by atoms with Crippen LogP contribution in [0.5, 0.6) is 0 Å². The molecule has 1 aliphatic heterocycles. The van der Waals surface area contributed by atoms with Crippen molar-refractivity contribution in [3.05, 3.63) is 24.3 Å². The number of nitrogens with two attached hydrogens (primary N) is 1. The van der Waals surface area contributed by atoms with Crippen LogP contribution in [-0.2, 0) is 4.79 Å². The van der Waals surface area contributed by atoms with Crippen LogP contribution < -0.4 is 5.73 Å². The zero-order valence-electron chi connectivity index (χ0n) is 10.8. The Morgan fingerprint density at radius 3 is 2.56 bits per heavy atom. The molecule has 0 bridgehead atoms. The van der Waals surface area contributed by atoms with Gasteiger partial charge in [0, 0.05) is 23.7 Å². The minimum Gasteiger partial charge on any atom is -0.399 e. The molecule has 98 valence electrons. The van der Waals surface area contributed by atoms with Crippen LogP contribution in [0.4, 0.5) is 5.69 Å². The van der Waals surface area contributed by atoms with Crippen LogP contribution >= 0.6 is 11.8 Å². The average molecular weight is 264 g/mol. The van der Waals surface area contributed by atoms with Crippen molar-refractivity contribution in [2.45, 2.75) is 24.7 Å². The van der Waals surface area contributed by atoms with E-state index in [9.17, 15) is 4.79 Å². The van der Waals surface area contributed by atoms with Crippen molar-refractivity contribution in [1.82, 2.24) is 4.90 Å². The molecule has 0 unspecified atom stereocenters. The minimum atomic E-state index is 0.253. The van der Waals surface area contributed by atoms with E-state index in [-0.39, 0.29) is 5.91 Å². The number of nitrogens with zero attached hydrogens (tertiary/aromatic N) is 1. The first-order chi connectivity index (χ1) is 8.65. The van der Waals surface area contributed by atoms with Gasteiger partial charge in [-0.05, 0) is 43.0 Å². The van der Waals surface area contributed by atoms with Crippen molar-refractivity contribution < 1.29 is 4.79 Å². The summed E-state index contributed by atoms with van der Waals surface area (Å²) >= 11 is 1.58. The molecule has 0 saturated carbocycles. The second kappa shape index (κ2) is 6.14. The Morgan fingerprint density at radius 2 is 1.94 bits per heavy atom. The molecule has 0 aliphatic carbocycles. The number of piperidine rings is 1. The molecule has 1 aliphatic rings. The Morgan fingerprint density at radius 1 is 1.33 bits per heavy atom. The van der Waals surface area contributed by atoms with E-state index in [1.54, 1.807) is 11.8 Å². The van der Waals surface area contributed by atoms with Gasteiger partial charge in [-0.3, -0.25) is 4.79 Å². The molecule has 0 atom stereocenters. The van der Waals surface area contributed by atoms with Crippen LogP contribution in [0.25, 0.3) is 0 Å². The van der Waals surface area contributed by atoms with E-state index in [2.05, 4.69) is 6.92 Å². The lowest BCUT2D eigenvalue weighted by molar-refractivity contribution is -0.129. The van der Waals surface area contributed by atoms with Crippen LogP contribution in [0.15, 0.2) is 29.2 Å². The maximum atomic E-state index is 12.0. The number of rotatable bonds is 3. The van der Waals surface area contributed by atoms with Crippen LogP contribution in [0.2, 0.25) is 0 Å². The molecule has 0 spiro atoms. The summed E-state index contributed by atoms with van der Waals surface area (Å²) in [6.07, 6.45) is 2.27. The van der Waals surface area contributed by atoms with Crippen molar-refractivity contribution in [2.75, 3.05) is 24.6 Å². The van der Waals surface area contributed by atoms with E-state index in [1.165, 1.54) is 0 Å². The van der Waals surface area contributed by atoms with E-state index >= 15 is 0 Å². The number of anilines is 1. The van der Waals surface area contributed by atoms with Gasteiger partial charge in [-0.2, -0.15) is 0 Å². The topological polar surface area (TPSA) is 46.3 Å². The molecular weight excluding hydrogens is 244 g/mol. The number of benzene rings is 1. The lowest BCUT2D eigenvalue weighted by Gasteiger charge is -2.30. The zero-order chi connectivity index (χ0) is 13.0. The molecule has 1 fully saturated rings. The molecule has 1 amide bonds. The quantitative estimate of drug-likeness (QED) is 0.674. The third-order valence-electron chi connectivity index (χ3n) is 3.38. The van der Waals surface area contributed by atoms with Gasteiger partial charge in [0.05, 0.1) is 5.75 Å². The fourth-order valence-electron chi connectivity index (χ4n) is 2.06. The molecule has 2 rings (SSSR count). The molecule has 4 heteroatoms. The lowest BCUT2D eigenvalue weighted by Crippen LogP contribution is -2.38. The molecule has 2 N–H and O–H groups in total. The van der Waals surface area contributed by atoms with E-state index < -0.39 is 0 Å².